The van der Waals surface area contributed by atoms with Crippen LogP contribution in [0.1, 0.15) is 29.3 Å². The van der Waals surface area contributed by atoms with Gasteiger partial charge in [0.15, 0.2) is 0 Å². The Bertz CT molecular complexity index is 1230. The molecule has 0 aliphatic heterocycles. The molecular weight excluding hydrogens is 416 g/mol. The molecule has 4 rings (SSSR count). The molecule has 0 atom stereocenters. The molecule has 4 aromatic rings. The van der Waals surface area contributed by atoms with Gasteiger partial charge in [-0.25, -0.2) is 10.1 Å². The Morgan fingerprint density at radius 3 is 2.48 bits per heavy atom. The number of benzene rings is 3. The van der Waals surface area contributed by atoms with Gasteiger partial charge in [0.25, 0.3) is 5.91 Å². The van der Waals surface area contributed by atoms with Crippen molar-refractivity contribution in [3.63, 3.8) is 0 Å². The maximum absolute atomic E-state index is 12.3. The lowest BCUT2D eigenvalue weighted by Gasteiger charge is -2.05. The zero-order chi connectivity index (χ0) is 23.0. The molecule has 7 nitrogen and oxygen atoms in total. The van der Waals surface area contributed by atoms with Crippen LogP contribution in [0.4, 0.5) is 0 Å². The van der Waals surface area contributed by atoms with Crippen LogP contribution in [-0.2, 0) is 0 Å². The monoisotopic (exact) mass is 440 g/mol. The van der Waals surface area contributed by atoms with Gasteiger partial charge >= 0.3 is 0 Å². The molecule has 0 unspecified atom stereocenters. The zero-order valence-corrected chi connectivity index (χ0v) is 18.2. The number of hydrogen-bond donors (Lipinski definition) is 2. The average Bonchev–Trinajstić information content (AvgIpc) is 3.28. The van der Waals surface area contributed by atoms with Crippen molar-refractivity contribution < 1.29 is 14.6 Å². The van der Waals surface area contributed by atoms with Crippen molar-refractivity contribution in [3.8, 4) is 28.4 Å². The number of aromatic hydroxyl groups is 1. The van der Waals surface area contributed by atoms with Crippen molar-refractivity contribution >= 4 is 12.1 Å². The first-order chi connectivity index (χ1) is 16.1. The second-order valence-electron chi connectivity index (χ2n) is 7.33. The van der Waals surface area contributed by atoms with Gasteiger partial charge in [-0.2, -0.15) is 10.2 Å². The molecule has 7 heteroatoms. The highest BCUT2D eigenvalue weighted by Gasteiger charge is 2.12. The van der Waals surface area contributed by atoms with Gasteiger partial charge in [-0.05, 0) is 67.1 Å². The minimum Gasteiger partial charge on any atom is -0.508 e. The SMILES string of the molecule is CCCOc1ccc(-c2nn(-c3ccccc3)cc2C=NNC(=O)c2ccc(O)cc2)cc1. The Labute approximate surface area is 192 Å². The fourth-order valence-electron chi connectivity index (χ4n) is 3.19. The number of nitrogens with one attached hydrogen (secondary N) is 1. The predicted molar refractivity (Wildman–Crippen MR) is 128 cm³/mol. The summed E-state index contributed by atoms with van der Waals surface area (Å²) in [7, 11) is 0. The molecule has 0 fully saturated rings. The third kappa shape index (κ3) is 5.46. The molecule has 1 aromatic heterocycles. The smallest absolute Gasteiger partial charge is 0.271 e. The van der Waals surface area contributed by atoms with Gasteiger partial charge in [0, 0.05) is 22.9 Å². The van der Waals surface area contributed by atoms with Gasteiger partial charge in [0.05, 0.1) is 18.5 Å². The van der Waals surface area contributed by atoms with Gasteiger partial charge < -0.3 is 9.84 Å². The number of ether oxygens (including phenoxy) is 1. The summed E-state index contributed by atoms with van der Waals surface area (Å²) < 4.78 is 7.45. The van der Waals surface area contributed by atoms with E-state index in [1.807, 2.05) is 60.8 Å². The van der Waals surface area contributed by atoms with E-state index < -0.39 is 0 Å². The molecular formula is C26H24N4O3. The summed E-state index contributed by atoms with van der Waals surface area (Å²) in [4.78, 5) is 12.3. The lowest BCUT2D eigenvalue weighted by atomic mass is 10.1. The van der Waals surface area contributed by atoms with Crippen LogP contribution in [0.15, 0.2) is 90.2 Å². The fourth-order valence-corrected chi connectivity index (χ4v) is 3.19. The van der Waals surface area contributed by atoms with Gasteiger partial charge in [-0.15, -0.1) is 0 Å². The summed E-state index contributed by atoms with van der Waals surface area (Å²) in [6.45, 7) is 2.73. The van der Waals surface area contributed by atoms with Crippen molar-refractivity contribution in [3.05, 3.63) is 96.2 Å². The first kappa shape index (κ1) is 21.8. The van der Waals surface area contributed by atoms with Crippen LogP contribution in [-0.4, -0.2) is 33.6 Å². The molecule has 3 aromatic carbocycles. The van der Waals surface area contributed by atoms with Gasteiger partial charge in [0.2, 0.25) is 0 Å². The number of nitrogens with zero attached hydrogens (tertiary/aromatic N) is 3. The Morgan fingerprint density at radius 1 is 1.06 bits per heavy atom. The van der Waals surface area contributed by atoms with Gasteiger partial charge in [-0.1, -0.05) is 25.1 Å². The van der Waals surface area contributed by atoms with Crippen LogP contribution in [0.25, 0.3) is 16.9 Å². The number of phenols is 1. The second-order valence-corrected chi connectivity index (χ2v) is 7.33. The highest BCUT2D eigenvalue weighted by atomic mass is 16.5. The van der Waals surface area contributed by atoms with Crippen molar-refractivity contribution in [1.29, 1.82) is 0 Å². The number of carbonyl (C=O) groups is 1. The highest BCUT2D eigenvalue weighted by molar-refractivity contribution is 5.95. The number of hydrazone groups is 1. The third-order valence-corrected chi connectivity index (χ3v) is 4.86. The number of hydrogen-bond acceptors (Lipinski definition) is 5. The highest BCUT2D eigenvalue weighted by Crippen LogP contribution is 2.25. The molecule has 0 bridgehead atoms. The van der Waals surface area contributed by atoms with Crippen LogP contribution in [0.2, 0.25) is 0 Å². The fraction of sp³-hybridized carbons (Fsp3) is 0.115. The summed E-state index contributed by atoms with van der Waals surface area (Å²) >= 11 is 0. The minimum absolute atomic E-state index is 0.0964. The molecule has 0 aliphatic rings. The van der Waals surface area contributed by atoms with Crippen molar-refractivity contribution in [2.75, 3.05) is 6.61 Å². The largest absolute Gasteiger partial charge is 0.508 e. The molecule has 0 radical (unpaired) electrons. The summed E-state index contributed by atoms with van der Waals surface area (Å²) in [5, 5.41) is 18.3. The topological polar surface area (TPSA) is 88.7 Å². The molecule has 0 saturated carbocycles. The summed E-state index contributed by atoms with van der Waals surface area (Å²) in [6.07, 6.45) is 4.38. The van der Waals surface area contributed by atoms with Crippen LogP contribution >= 0.6 is 0 Å². The standard InChI is InChI=1S/C26H24N4O3/c1-2-16-33-24-14-10-19(11-15-24)25-21(18-30(29-25)22-6-4-3-5-7-22)17-27-28-26(32)20-8-12-23(31)13-9-20/h3-15,17-18,31H,2,16H2,1H3,(H,28,32). The van der Waals surface area contributed by atoms with Gasteiger partial charge in [0.1, 0.15) is 17.2 Å². The molecule has 0 spiro atoms. The van der Waals surface area contributed by atoms with E-state index in [-0.39, 0.29) is 11.7 Å². The number of rotatable bonds is 8. The Hall–Kier alpha value is -4.39. The number of para-hydroxylation sites is 1. The molecule has 166 valence electrons. The lowest BCUT2D eigenvalue weighted by molar-refractivity contribution is 0.0955. The van der Waals surface area contributed by atoms with E-state index in [1.54, 1.807) is 10.9 Å². The average molecular weight is 441 g/mol. The van der Waals surface area contributed by atoms with Crippen molar-refractivity contribution in [2.45, 2.75) is 13.3 Å². The third-order valence-electron chi connectivity index (χ3n) is 4.86. The van der Waals surface area contributed by atoms with Crippen LogP contribution < -0.4 is 10.2 Å². The maximum atomic E-state index is 12.3. The first-order valence-electron chi connectivity index (χ1n) is 10.6. The summed E-state index contributed by atoms with van der Waals surface area (Å²) in [6, 6.07) is 23.5. The molecule has 0 aliphatic carbocycles. The quantitative estimate of drug-likeness (QED) is 0.304. The van der Waals surface area contributed by atoms with Gasteiger partial charge in [-0.3, -0.25) is 4.79 Å². The first-order valence-corrected chi connectivity index (χ1v) is 10.6. The zero-order valence-electron chi connectivity index (χ0n) is 18.2. The van der Waals surface area contributed by atoms with E-state index in [1.165, 1.54) is 24.3 Å². The van der Waals surface area contributed by atoms with E-state index in [9.17, 15) is 9.90 Å². The Kier molecular flexibility index (Phi) is 6.80. The van der Waals surface area contributed by atoms with E-state index in [0.717, 1.165) is 34.7 Å². The number of carbonyl (C=O) groups excluding carboxylic acids is 1. The van der Waals surface area contributed by atoms with E-state index in [2.05, 4.69) is 17.5 Å². The predicted octanol–water partition coefficient (Wildman–Crippen LogP) is 4.80. The second kappa shape index (κ2) is 10.3. The summed E-state index contributed by atoms with van der Waals surface area (Å²) in [5.74, 6) is 0.527. The lowest BCUT2D eigenvalue weighted by Crippen LogP contribution is -2.17. The Balaban J connectivity index is 1.60. The van der Waals surface area contributed by atoms with Crippen LogP contribution in [0.5, 0.6) is 11.5 Å². The maximum Gasteiger partial charge on any atom is 0.271 e. The van der Waals surface area contributed by atoms with Crippen LogP contribution in [0, 0.1) is 0 Å². The van der Waals surface area contributed by atoms with E-state index >= 15 is 0 Å². The van der Waals surface area contributed by atoms with E-state index in [4.69, 9.17) is 9.84 Å². The minimum atomic E-state index is -0.374. The van der Waals surface area contributed by atoms with Crippen molar-refractivity contribution in [2.24, 2.45) is 5.10 Å². The molecule has 1 amide bonds. The van der Waals surface area contributed by atoms with Crippen LogP contribution in [0.3, 0.4) is 0 Å². The Morgan fingerprint density at radius 2 is 1.79 bits per heavy atom. The number of amides is 1. The summed E-state index contributed by atoms with van der Waals surface area (Å²) in [5.41, 5.74) is 6.20. The number of phenolic OH excluding ortho intramolecular Hbond substituents is 1. The molecule has 1 heterocycles. The molecule has 2 N–H and O–H groups in total. The molecule has 0 saturated heterocycles. The normalized spacial score (nSPS) is 10.9. The van der Waals surface area contributed by atoms with E-state index in [0.29, 0.717) is 12.2 Å². The number of aromatic nitrogens is 2. The molecule has 33 heavy (non-hydrogen) atoms. The van der Waals surface area contributed by atoms with Crippen molar-refractivity contribution in [1.82, 2.24) is 15.2 Å².